The average molecular weight is 461 g/mol. The normalized spacial score (nSPS) is 16.4. The van der Waals surface area contributed by atoms with Crippen LogP contribution in [0.1, 0.15) is 40.0 Å². The van der Waals surface area contributed by atoms with Gasteiger partial charge in [0.05, 0.1) is 25.0 Å². The molecule has 4 amide bonds. The number of carbonyl (C=O) groups excluding carboxylic acids is 4. The maximum absolute atomic E-state index is 12.6. The van der Waals surface area contributed by atoms with E-state index in [0.717, 1.165) is 6.92 Å². The van der Waals surface area contributed by atoms with Gasteiger partial charge in [-0.2, -0.15) is 0 Å². The average Bonchev–Trinajstić information content (AvgIpc) is 2.68. The molecule has 0 aromatic carbocycles. The van der Waals surface area contributed by atoms with Crippen molar-refractivity contribution in [2.24, 2.45) is 17.4 Å². The van der Waals surface area contributed by atoms with Crippen molar-refractivity contribution in [1.29, 1.82) is 0 Å². The van der Waals surface area contributed by atoms with Crippen LogP contribution in [0.4, 0.5) is 0 Å². The van der Waals surface area contributed by atoms with Crippen LogP contribution in [0.25, 0.3) is 0 Å². The maximum Gasteiger partial charge on any atom is 0.326 e. The fourth-order valence-electron chi connectivity index (χ4n) is 2.49. The number of aliphatic hydroxyl groups excluding tert-OH is 1. The summed E-state index contributed by atoms with van der Waals surface area (Å²) in [5.41, 5.74) is 10.9. The van der Waals surface area contributed by atoms with E-state index in [1.165, 1.54) is 0 Å². The molecule has 0 aromatic rings. The van der Waals surface area contributed by atoms with Crippen molar-refractivity contribution in [1.82, 2.24) is 16.0 Å². The van der Waals surface area contributed by atoms with Crippen LogP contribution in [0, 0.1) is 5.92 Å². The number of nitrogens with two attached hydrogens (primary N) is 2. The number of carboxylic acids is 2. The fourth-order valence-corrected chi connectivity index (χ4v) is 2.49. The molecule has 0 aromatic heterocycles. The summed E-state index contributed by atoms with van der Waals surface area (Å²) >= 11 is 0. The van der Waals surface area contributed by atoms with E-state index in [4.69, 9.17) is 21.7 Å². The van der Waals surface area contributed by atoms with Crippen LogP contribution >= 0.6 is 0 Å². The van der Waals surface area contributed by atoms with Crippen molar-refractivity contribution in [2.75, 3.05) is 0 Å². The van der Waals surface area contributed by atoms with Crippen LogP contribution < -0.4 is 27.4 Å². The third kappa shape index (κ3) is 9.70. The Labute approximate surface area is 184 Å². The standard InChI is InChI=1S/C18H31N5O9/c1-4-7(2)13(20)16(29)21-9(5-11(19)25)15(28)23-14(8(3)24)17(30)22-10(18(31)32)6-12(26)27/h7-10,13-14,24H,4-6,20H2,1-3H3,(H2,19,25)(H,21,29)(H,22,30)(H,23,28)(H,26,27)(H,31,32). The first-order valence-corrected chi connectivity index (χ1v) is 9.78. The number of carbonyl (C=O) groups is 6. The summed E-state index contributed by atoms with van der Waals surface area (Å²) < 4.78 is 0. The van der Waals surface area contributed by atoms with Gasteiger partial charge in [-0.25, -0.2) is 4.79 Å². The second-order valence-corrected chi connectivity index (χ2v) is 7.37. The minimum atomic E-state index is -1.83. The number of amides is 4. The smallest absolute Gasteiger partial charge is 0.326 e. The topological polar surface area (TPSA) is 251 Å². The molecule has 14 heteroatoms. The first-order valence-electron chi connectivity index (χ1n) is 9.78. The van der Waals surface area contributed by atoms with Crippen LogP contribution in [0.2, 0.25) is 0 Å². The highest BCUT2D eigenvalue weighted by molar-refractivity contribution is 5.96. The van der Waals surface area contributed by atoms with Gasteiger partial charge in [-0.15, -0.1) is 0 Å². The predicted octanol–water partition coefficient (Wildman–Crippen LogP) is -3.37. The van der Waals surface area contributed by atoms with Gasteiger partial charge in [0.15, 0.2) is 0 Å². The summed E-state index contributed by atoms with van der Waals surface area (Å²) in [5, 5.41) is 33.9. The summed E-state index contributed by atoms with van der Waals surface area (Å²) in [6.07, 6.45) is -2.58. The van der Waals surface area contributed by atoms with Gasteiger partial charge in [0.25, 0.3) is 0 Å². The summed E-state index contributed by atoms with van der Waals surface area (Å²) in [6.45, 7) is 4.61. The number of hydrogen-bond acceptors (Lipinski definition) is 8. The van der Waals surface area contributed by atoms with E-state index in [2.05, 4.69) is 10.6 Å². The molecule has 0 radical (unpaired) electrons. The van der Waals surface area contributed by atoms with E-state index < -0.39 is 78.7 Å². The third-order valence-electron chi connectivity index (χ3n) is 4.65. The lowest BCUT2D eigenvalue weighted by molar-refractivity contribution is -0.148. The number of aliphatic carboxylic acids is 2. The van der Waals surface area contributed by atoms with Gasteiger partial charge in [0.1, 0.15) is 18.1 Å². The zero-order valence-electron chi connectivity index (χ0n) is 18.0. The predicted molar refractivity (Wildman–Crippen MR) is 109 cm³/mol. The van der Waals surface area contributed by atoms with Crippen molar-refractivity contribution >= 4 is 35.6 Å². The van der Waals surface area contributed by atoms with Crippen molar-refractivity contribution in [3.05, 3.63) is 0 Å². The van der Waals surface area contributed by atoms with Crippen LogP contribution in [-0.4, -0.2) is 81.2 Å². The molecule has 0 aliphatic carbocycles. The van der Waals surface area contributed by atoms with E-state index >= 15 is 0 Å². The van der Waals surface area contributed by atoms with Crippen molar-refractivity contribution < 1.29 is 44.1 Å². The van der Waals surface area contributed by atoms with Gasteiger partial charge in [-0.1, -0.05) is 20.3 Å². The lowest BCUT2D eigenvalue weighted by Gasteiger charge is -2.26. The molecule has 0 saturated heterocycles. The monoisotopic (exact) mass is 461 g/mol. The Kier molecular flexibility index (Phi) is 11.9. The summed E-state index contributed by atoms with van der Waals surface area (Å²) in [7, 11) is 0. The fraction of sp³-hybridized carbons (Fsp3) is 0.667. The zero-order valence-corrected chi connectivity index (χ0v) is 18.0. The summed E-state index contributed by atoms with van der Waals surface area (Å²) in [4.78, 5) is 70.5. The van der Waals surface area contributed by atoms with E-state index in [1.54, 1.807) is 13.8 Å². The Morgan fingerprint density at radius 3 is 1.78 bits per heavy atom. The molecule has 6 atom stereocenters. The Morgan fingerprint density at radius 1 is 0.844 bits per heavy atom. The van der Waals surface area contributed by atoms with Crippen molar-refractivity contribution in [3.8, 4) is 0 Å². The van der Waals surface area contributed by atoms with Gasteiger partial charge in [0.2, 0.25) is 23.6 Å². The Hall–Kier alpha value is -3.26. The highest BCUT2D eigenvalue weighted by atomic mass is 16.4. The van der Waals surface area contributed by atoms with Gasteiger partial charge >= 0.3 is 11.9 Å². The van der Waals surface area contributed by atoms with E-state index in [1.807, 2.05) is 5.32 Å². The quantitative estimate of drug-likeness (QED) is 0.127. The second-order valence-electron chi connectivity index (χ2n) is 7.37. The minimum Gasteiger partial charge on any atom is -0.481 e. The molecule has 14 nitrogen and oxygen atoms in total. The van der Waals surface area contributed by atoms with Gasteiger partial charge in [-0.3, -0.25) is 24.0 Å². The molecule has 0 fully saturated rings. The first-order chi connectivity index (χ1) is 14.7. The van der Waals surface area contributed by atoms with E-state index in [0.29, 0.717) is 6.42 Å². The van der Waals surface area contributed by atoms with E-state index in [9.17, 15) is 33.9 Å². The third-order valence-corrected chi connectivity index (χ3v) is 4.65. The van der Waals surface area contributed by atoms with Gasteiger partial charge in [0, 0.05) is 0 Å². The van der Waals surface area contributed by atoms with E-state index in [-0.39, 0.29) is 5.92 Å². The molecule has 10 N–H and O–H groups in total. The molecule has 0 bridgehead atoms. The molecule has 0 aliphatic heterocycles. The number of rotatable bonds is 14. The molecular formula is C18H31N5O9. The highest BCUT2D eigenvalue weighted by Gasteiger charge is 2.34. The highest BCUT2D eigenvalue weighted by Crippen LogP contribution is 2.07. The van der Waals surface area contributed by atoms with Gasteiger partial charge in [-0.05, 0) is 12.8 Å². The summed E-state index contributed by atoms with van der Waals surface area (Å²) in [5.74, 6) is -7.35. The Balaban J connectivity index is 5.50. The van der Waals surface area contributed by atoms with Crippen LogP contribution in [0.3, 0.4) is 0 Å². The number of aliphatic hydroxyl groups is 1. The minimum absolute atomic E-state index is 0.245. The van der Waals surface area contributed by atoms with Crippen LogP contribution in [-0.2, 0) is 28.8 Å². The lowest BCUT2D eigenvalue weighted by atomic mass is 9.99. The molecule has 182 valence electrons. The SMILES string of the molecule is CCC(C)C(N)C(=O)NC(CC(N)=O)C(=O)NC(C(=O)NC(CC(=O)O)C(=O)O)C(C)O. The molecule has 0 saturated carbocycles. The number of primary amides is 1. The van der Waals surface area contributed by atoms with Crippen LogP contribution in [0.15, 0.2) is 0 Å². The Bertz CT molecular complexity index is 728. The number of carboxylic acid groups (broad SMARTS) is 2. The largest absolute Gasteiger partial charge is 0.481 e. The number of nitrogens with one attached hydrogen (secondary N) is 3. The molecule has 0 aliphatic rings. The maximum atomic E-state index is 12.6. The molecule has 0 heterocycles. The molecule has 0 rings (SSSR count). The number of hydrogen-bond donors (Lipinski definition) is 8. The van der Waals surface area contributed by atoms with Crippen LogP contribution in [0.5, 0.6) is 0 Å². The molecular weight excluding hydrogens is 430 g/mol. The molecule has 32 heavy (non-hydrogen) atoms. The summed E-state index contributed by atoms with van der Waals surface area (Å²) in [6, 6.07) is -6.08. The first kappa shape index (κ1) is 28.7. The Morgan fingerprint density at radius 2 is 1.38 bits per heavy atom. The second kappa shape index (κ2) is 13.2. The lowest BCUT2D eigenvalue weighted by Crippen LogP contribution is -2.60. The molecule has 6 unspecified atom stereocenters. The van der Waals surface area contributed by atoms with Crippen molar-refractivity contribution in [3.63, 3.8) is 0 Å². The van der Waals surface area contributed by atoms with Crippen molar-refractivity contribution in [2.45, 2.75) is 70.3 Å². The van der Waals surface area contributed by atoms with Gasteiger partial charge < -0.3 is 42.7 Å². The molecule has 0 spiro atoms. The zero-order chi connectivity index (χ0) is 25.2.